The number of carbonyl (C=O) groups is 1. The van der Waals surface area contributed by atoms with Gasteiger partial charge in [0, 0.05) is 44.9 Å². The molecule has 0 spiro atoms. The van der Waals surface area contributed by atoms with E-state index in [-0.39, 0.29) is 28.0 Å². The smallest absolute Gasteiger partial charge is 0.274 e. The maximum Gasteiger partial charge on any atom is 0.274 e. The minimum absolute atomic E-state index is 0.0720. The molecule has 34 heavy (non-hydrogen) atoms. The molecule has 2 saturated heterocycles. The van der Waals surface area contributed by atoms with Crippen molar-refractivity contribution in [3.05, 3.63) is 40.5 Å². The second-order valence-corrected chi connectivity index (χ2v) is 13.3. The number of hydrogen-bond acceptors (Lipinski definition) is 7. The third-order valence-electron chi connectivity index (χ3n) is 6.32. The van der Waals surface area contributed by atoms with Gasteiger partial charge in [-0.15, -0.1) is 11.3 Å². The standard InChI is InChI=1S/C22H23ClFN3O4S3/c23-18-4-5-19(33-18)34(29,30)27-12-6-14(7-13-27)21(28)26-10-8-15(9-11-26)31-22-25-20-16(24)2-1-3-17(20)32-22/h1-5,14-15H,6-13H2. The van der Waals surface area contributed by atoms with Gasteiger partial charge >= 0.3 is 0 Å². The summed E-state index contributed by atoms with van der Waals surface area (Å²) in [5.41, 5.74) is 0.325. The third-order valence-corrected chi connectivity index (χ3v) is 10.8. The lowest BCUT2D eigenvalue weighted by Crippen LogP contribution is -2.47. The lowest BCUT2D eigenvalue weighted by atomic mass is 9.95. The number of nitrogens with zero attached hydrogens (tertiary/aromatic N) is 3. The van der Waals surface area contributed by atoms with Gasteiger partial charge in [0.05, 0.1) is 9.04 Å². The summed E-state index contributed by atoms with van der Waals surface area (Å²) in [5.74, 6) is -0.457. The van der Waals surface area contributed by atoms with Gasteiger partial charge in [-0.1, -0.05) is 29.0 Å². The van der Waals surface area contributed by atoms with Crippen molar-refractivity contribution in [3.63, 3.8) is 0 Å². The van der Waals surface area contributed by atoms with Crippen molar-refractivity contribution >= 4 is 60.4 Å². The maximum absolute atomic E-state index is 13.9. The van der Waals surface area contributed by atoms with Crippen LogP contribution in [0.25, 0.3) is 10.2 Å². The number of thiophene rings is 1. The Hall–Kier alpha value is -1.79. The Morgan fingerprint density at radius 2 is 1.79 bits per heavy atom. The zero-order chi connectivity index (χ0) is 23.9. The molecule has 3 aromatic rings. The van der Waals surface area contributed by atoms with Crippen LogP contribution in [-0.2, 0) is 14.8 Å². The van der Waals surface area contributed by atoms with E-state index in [0.29, 0.717) is 66.9 Å². The van der Waals surface area contributed by atoms with Crippen LogP contribution in [0.3, 0.4) is 0 Å². The highest BCUT2D eigenvalue weighted by atomic mass is 35.5. The largest absolute Gasteiger partial charge is 0.467 e. The van der Waals surface area contributed by atoms with E-state index in [2.05, 4.69) is 4.98 Å². The fourth-order valence-electron chi connectivity index (χ4n) is 4.45. The average Bonchev–Trinajstić information content (AvgIpc) is 3.46. The van der Waals surface area contributed by atoms with E-state index in [9.17, 15) is 17.6 Å². The van der Waals surface area contributed by atoms with Crippen molar-refractivity contribution in [1.29, 1.82) is 0 Å². The summed E-state index contributed by atoms with van der Waals surface area (Å²) in [6, 6.07) is 7.96. The minimum Gasteiger partial charge on any atom is -0.467 e. The number of thiazole rings is 1. The van der Waals surface area contributed by atoms with Crippen LogP contribution in [0.5, 0.6) is 5.19 Å². The van der Waals surface area contributed by atoms with Crippen LogP contribution in [0, 0.1) is 11.7 Å². The zero-order valence-corrected chi connectivity index (χ0v) is 21.4. The second kappa shape index (κ2) is 9.69. The van der Waals surface area contributed by atoms with E-state index in [1.54, 1.807) is 12.1 Å². The Labute approximate surface area is 210 Å². The molecule has 0 radical (unpaired) electrons. The number of piperidine rings is 2. The Bertz CT molecular complexity index is 1300. The van der Waals surface area contributed by atoms with E-state index in [0.717, 1.165) is 16.0 Å². The van der Waals surface area contributed by atoms with E-state index >= 15 is 0 Å². The van der Waals surface area contributed by atoms with Crippen molar-refractivity contribution in [1.82, 2.24) is 14.2 Å². The molecule has 1 aromatic carbocycles. The molecule has 1 amide bonds. The van der Waals surface area contributed by atoms with Crippen LogP contribution >= 0.6 is 34.3 Å². The number of rotatable bonds is 5. The Balaban J connectivity index is 1.12. The van der Waals surface area contributed by atoms with Crippen LogP contribution in [0.1, 0.15) is 25.7 Å². The second-order valence-electron chi connectivity index (χ2n) is 8.45. The van der Waals surface area contributed by atoms with Gasteiger partial charge in [0.1, 0.15) is 21.6 Å². The summed E-state index contributed by atoms with van der Waals surface area (Å²) >= 11 is 8.26. The van der Waals surface area contributed by atoms with Crippen LogP contribution in [0.15, 0.2) is 34.5 Å². The lowest BCUT2D eigenvalue weighted by molar-refractivity contribution is -0.138. The maximum atomic E-state index is 13.9. The predicted octanol–water partition coefficient (Wildman–Crippen LogP) is 4.62. The SMILES string of the molecule is O=C(C1CCN(S(=O)(=O)c2ccc(Cl)s2)CC1)N1CCC(Oc2nc3c(F)cccc3s2)CC1. The first-order valence-corrected chi connectivity index (χ1v) is 14.5. The minimum atomic E-state index is -3.57. The van der Waals surface area contributed by atoms with Crippen molar-refractivity contribution in [3.8, 4) is 5.19 Å². The van der Waals surface area contributed by atoms with Gasteiger partial charge in [-0.3, -0.25) is 4.79 Å². The molecule has 0 saturated carbocycles. The van der Waals surface area contributed by atoms with E-state index < -0.39 is 10.0 Å². The molecule has 0 aliphatic carbocycles. The third kappa shape index (κ3) is 4.81. The van der Waals surface area contributed by atoms with Gasteiger partial charge in [0.25, 0.3) is 15.2 Å². The first kappa shape index (κ1) is 23.9. The van der Waals surface area contributed by atoms with E-state index in [1.807, 2.05) is 11.0 Å². The number of amides is 1. The fraction of sp³-hybridized carbons (Fsp3) is 0.455. The van der Waals surface area contributed by atoms with E-state index in [4.69, 9.17) is 16.3 Å². The normalized spacial score (nSPS) is 19.1. The Morgan fingerprint density at radius 1 is 1.06 bits per heavy atom. The number of ether oxygens (including phenoxy) is 1. The molecule has 5 rings (SSSR count). The van der Waals surface area contributed by atoms with Crippen molar-refractivity contribution < 1.29 is 22.3 Å². The molecule has 12 heteroatoms. The number of aromatic nitrogens is 1. The first-order chi connectivity index (χ1) is 16.3. The van der Waals surface area contributed by atoms with Crippen molar-refractivity contribution in [2.75, 3.05) is 26.2 Å². The van der Waals surface area contributed by atoms with Gasteiger partial charge in [-0.25, -0.2) is 12.8 Å². The number of sulfonamides is 1. The van der Waals surface area contributed by atoms with Gasteiger partial charge in [-0.05, 0) is 37.1 Å². The zero-order valence-electron chi connectivity index (χ0n) is 18.2. The molecule has 0 N–H and O–H groups in total. The Morgan fingerprint density at radius 3 is 2.44 bits per heavy atom. The number of carbonyl (C=O) groups excluding carboxylic acids is 1. The van der Waals surface area contributed by atoms with Gasteiger partial charge in [0.2, 0.25) is 5.91 Å². The summed E-state index contributed by atoms with van der Waals surface area (Å²) in [5, 5.41) is 0.450. The number of para-hydroxylation sites is 1. The number of likely N-dealkylation sites (tertiary alicyclic amines) is 1. The van der Waals surface area contributed by atoms with Crippen LogP contribution in [0.2, 0.25) is 4.34 Å². The van der Waals surface area contributed by atoms with Gasteiger partial charge < -0.3 is 9.64 Å². The number of hydrogen-bond donors (Lipinski definition) is 0. The summed E-state index contributed by atoms with van der Waals surface area (Å²) in [4.78, 5) is 19.2. The topological polar surface area (TPSA) is 79.8 Å². The lowest BCUT2D eigenvalue weighted by Gasteiger charge is -2.36. The molecule has 2 aliphatic heterocycles. The molecule has 2 aromatic heterocycles. The summed E-state index contributed by atoms with van der Waals surface area (Å²) in [6.45, 7) is 1.80. The quantitative estimate of drug-likeness (QED) is 0.469. The number of halogens is 2. The molecule has 4 heterocycles. The molecule has 2 aliphatic rings. The molecule has 7 nitrogen and oxygen atoms in total. The molecular weight excluding hydrogens is 521 g/mol. The molecule has 182 valence electrons. The van der Waals surface area contributed by atoms with Crippen LogP contribution < -0.4 is 4.74 Å². The van der Waals surface area contributed by atoms with Crippen molar-refractivity contribution in [2.24, 2.45) is 5.92 Å². The monoisotopic (exact) mass is 543 g/mol. The van der Waals surface area contributed by atoms with Crippen LogP contribution in [-0.4, -0.2) is 60.8 Å². The van der Waals surface area contributed by atoms with E-state index in [1.165, 1.54) is 27.8 Å². The Kier molecular flexibility index (Phi) is 6.82. The average molecular weight is 544 g/mol. The molecule has 2 fully saturated rings. The summed E-state index contributed by atoms with van der Waals surface area (Å²) in [6.07, 6.45) is 2.29. The van der Waals surface area contributed by atoms with Crippen LogP contribution in [0.4, 0.5) is 4.39 Å². The van der Waals surface area contributed by atoms with Gasteiger partial charge in [0.15, 0.2) is 0 Å². The highest BCUT2D eigenvalue weighted by Gasteiger charge is 2.35. The molecule has 0 unspecified atom stereocenters. The molecule has 0 bridgehead atoms. The number of benzene rings is 1. The highest BCUT2D eigenvalue weighted by Crippen LogP contribution is 2.33. The summed E-state index contributed by atoms with van der Waals surface area (Å²) < 4.78 is 48.3. The predicted molar refractivity (Wildman–Crippen MR) is 131 cm³/mol. The van der Waals surface area contributed by atoms with Crippen molar-refractivity contribution in [2.45, 2.75) is 36.0 Å². The fourth-order valence-corrected chi connectivity index (χ4v) is 8.45. The molecule has 0 atom stereocenters. The summed E-state index contributed by atoms with van der Waals surface area (Å²) in [7, 11) is -3.57. The number of fused-ring (bicyclic) bond motifs is 1. The first-order valence-electron chi connectivity index (χ1n) is 11.1. The molecular formula is C22H23ClFN3O4S3. The van der Waals surface area contributed by atoms with Gasteiger partial charge in [-0.2, -0.15) is 9.29 Å². The highest BCUT2D eigenvalue weighted by molar-refractivity contribution is 7.91.